The maximum Gasteiger partial charge on any atom is 0.262 e. The Bertz CT molecular complexity index is 1030. The highest BCUT2D eigenvalue weighted by Gasteiger charge is 2.36. The van der Waals surface area contributed by atoms with Crippen LogP contribution in [0.25, 0.3) is 0 Å². The number of benzene rings is 3. The van der Waals surface area contributed by atoms with E-state index in [0.29, 0.717) is 17.1 Å². The lowest BCUT2D eigenvalue weighted by Crippen LogP contribution is -2.43. The molecule has 148 valence electrons. The fourth-order valence-electron chi connectivity index (χ4n) is 3.61. The Balaban J connectivity index is 1.88. The first-order valence-corrected chi connectivity index (χ1v) is 9.22. The Morgan fingerprint density at radius 1 is 0.828 bits per heavy atom. The summed E-state index contributed by atoms with van der Waals surface area (Å²) < 4.78 is 16.4. The number of carbonyl (C=O) groups is 1. The molecule has 1 amide bonds. The number of nitrogens with zero attached hydrogens (tertiary/aromatic N) is 1. The molecule has 1 heterocycles. The molecular formula is C23H22N2O4. The van der Waals surface area contributed by atoms with Crippen LogP contribution in [-0.4, -0.2) is 27.2 Å². The third-order valence-corrected chi connectivity index (χ3v) is 5.01. The molecule has 0 radical (unpaired) electrons. The highest BCUT2D eigenvalue weighted by atomic mass is 16.5. The predicted octanol–water partition coefficient (Wildman–Crippen LogP) is 4.48. The van der Waals surface area contributed by atoms with Gasteiger partial charge in [0.2, 0.25) is 0 Å². The summed E-state index contributed by atoms with van der Waals surface area (Å²) in [5, 5.41) is 3.49. The largest absolute Gasteiger partial charge is 0.497 e. The molecule has 0 aromatic heterocycles. The molecular weight excluding hydrogens is 368 g/mol. The van der Waals surface area contributed by atoms with Gasteiger partial charge >= 0.3 is 0 Å². The molecule has 0 saturated carbocycles. The molecule has 0 bridgehead atoms. The minimum Gasteiger partial charge on any atom is -0.497 e. The lowest BCUT2D eigenvalue weighted by molar-refractivity contribution is 0.0974. The molecule has 1 aliphatic heterocycles. The van der Waals surface area contributed by atoms with Crippen LogP contribution in [0.15, 0.2) is 66.7 Å². The molecule has 1 unspecified atom stereocenters. The molecule has 1 N–H and O–H groups in total. The quantitative estimate of drug-likeness (QED) is 0.696. The van der Waals surface area contributed by atoms with Crippen molar-refractivity contribution in [2.45, 2.75) is 6.17 Å². The van der Waals surface area contributed by atoms with Crippen molar-refractivity contribution in [2.24, 2.45) is 0 Å². The van der Waals surface area contributed by atoms with Gasteiger partial charge in [0, 0.05) is 16.9 Å². The van der Waals surface area contributed by atoms with E-state index < -0.39 is 6.17 Å². The van der Waals surface area contributed by atoms with Gasteiger partial charge in [-0.1, -0.05) is 24.3 Å². The van der Waals surface area contributed by atoms with Crippen LogP contribution in [0.3, 0.4) is 0 Å². The van der Waals surface area contributed by atoms with Crippen LogP contribution >= 0.6 is 0 Å². The van der Waals surface area contributed by atoms with E-state index >= 15 is 0 Å². The summed E-state index contributed by atoms with van der Waals surface area (Å²) in [7, 11) is 4.80. The van der Waals surface area contributed by atoms with Gasteiger partial charge in [0.1, 0.15) is 11.9 Å². The number of ether oxygens (including phenoxy) is 3. The molecule has 0 spiro atoms. The second kappa shape index (κ2) is 7.75. The molecule has 0 fully saturated rings. The van der Waals surface area contributed by atoms with Crippen LogP contribution in [-0.2, 0) is 0 Å². The van der Waals surface area contributed by atoms with E-state index in [4.69, 9.17) is 14.2 Å². The minimum atomic E-state index is -0.476. The van der Waals surface area contributed by atoms with Crippen molar-refractivity contribution >= 4 is 17.3 Å². The third kappa shape index (κ3) is 3.23. The average Bonchev–Trinajstić information content (AvgIpc) is 2.78. The zero-order valence-electron chi connectivity index (χ0n) is 16.5. The van der Waals surface area contributed by atoms with Crippen molar-refractivity contribution in [3.63, 3.8) is 0 Å². The van der Waals surface area contributed by atoms with E-state index in [1.165, 1.54) is 0 Å². The molecule has 0 aliphatic carbocycles. The number of carbonyl (C=O) groups excluding carboxylic acids is 1. The fourth-order valence-corrected chi connectivity index (χ4v) is 3.61. The number of amides is 1. The van der Waals surface area contributed by atoms with E-state index in [9.17, 15) is 4.79 Å². The number of rotatable bonds is 5. The second-order valence-electron chi connectivity index (χ2n) is 6.55. The SMILES string of the molecule is COc1ccc(N2C(=O)c3ccccc3NC2c2cccc(OC)c2OC)cc1. The van der Waals surface area contributed by atoms with Gasteiger partial charge in [-0.25, -0.2) is 0 Å². The summed E-state index contributed by atoms with van der Waals surface area (Å²) in [6.45, 7) is 0. The Hall–Kier alpha value is -3.67. The van der Waals surface area contributed by atoms with Crippen LogP contribution in [0.5, 0.6) is 17.2 Å². The highest BCUT2D eigenvalue weighted by molar-refractivity contribution is 6.12. The Morgan fingerprint density at radius 2 is 1.59 bits per heavy atom. The highest BCUT2D eigenvalue weighted by Crippen LogP contribution is 2.42. The maximum atomic E-state index is 13.5. The number of methoxy groups -OCH3 is 3. The van der Waals surface area contributed by atoms with Crippen LogP contribution in [0.2, 0.25) is 0 Å². The summed E-state index contributed by atoms with van der Waals surface area (Å²) in [5.74, 6) is 1.81. The molecule has 6 nitrogen and oxygen atoms in total. The summed E-state index contributed by atoms with van der Waals surface area (Å²) in [6, 6.07) is 20.5. The van der Waals surface area contributed by atoms with Gasteiger partial charge < -0.3 is 19.5 Å². The van der Waals surface area contributed by atoms with Crippen molar-refractivity contribution in [2.75, 3.05) is 31.5 Å². The van der Waals surface area contributed by atoms with Crippen LogP contribution in [0, 0.1) is 0 Å². The van der Waals surface area contributed by atoms with Crippen molar-refractivity contribution < 1.29 is 19.0 Å². The van der Waals surface area contributed by atoms with E-state index in [2.05, 4.69) is 5.32 Å². The molecule has 6 heteroatoms. The van der Waals surface area contributed by atoms with Crippen molar-refractivity contribution in [3.8, 4) is 17.2 Å². The third-order valence-electron chi connectivity index (χ3n) is 5.01. The minimum absolute atomic E-state index is 0.0978. The molecule has 4 rings (SSSR count). The molecule has 3 aromatic rings. The second-order valence-corrected chi connectivity index (χ2v) is 6.55. The molecule has 3 aromatic carbocycles. The van der Waals surface area contributed by atoms with Crippen LogP contribution < -0.4 is 24.4 Å². The predicted molar refractivity (Wildman–Crippen MR) is 112 cm³/mol. The van der Waals surface area contributed by atoms with Crippen molar-refractivity contribution in [1.29, 1.82) is 0 Å². The molecule has 1 atom stereocenters. The van der Waals surface area contributed by atoms with Gasteiger partial charge in [-0.2, -0.15) is 0 Å². The molecule has 29 heavy (non-hydrogen) atoms. The van der Waals surface area contributed by atoms with Crippen molar-refractivity contribution in [3.05, 3.63) is 77.9 Å². The lowest BCUT2D eigenvalue weighted by Gasteiger charge is -2.38. The van der Waals surface area contributed by atoms with Crippen molar-refractivity contribution in [1.82, 2.24) is 0 Å². The first-order valence-electron chi connectivity index (χ1n) is 9.22. The summed E-state index contributed by atoms with van der Waals surface area (Å²) in [5.41, 5.74) is 2.93. The van der Waals surface area contributed by atoms with Gasteiger partial charge in [0.15, 0.2) is 11.5 Å². The number of para-hydroxylation sites is 2. The number of anilines is 2. The Labute approximate surface area is 169 Å². The fraction of sp³-hybridized carbons (Fsp3) is 0.174. The zero-order chi connectivity index (χ0) is 20.4. The lowest BCUT2D eigenvalue weighted by atomic mass is 10.0. The molecule has 1 aliphatic rings. The van der Waals surface area contributed by atoms with Gasteiger partial charge in [-0.05, 0) is 42.5 Å². The van der Waals surface area contributed by atoms with Gasteiger partial charge in [-0.15, -0.1) is 0 Å². The van der Waals surface area contributed by atoms with Gasteiger partial charge in [0.25, 0.3) is 5.91 Å². The van der Waals surface area contributed by atoms with Crippen LogP contribution in [0.1, 0.15) is 22.1 Å². The summed E-state index contributed by atoms with van der Waals surface area (Å²) in [6.07, 6.45) is -0.476. The normalized spacial score (nSPS) is 15.3. The topological polar surface area (TPSA) is 60.0 Å². The first kappa shape index (κ1) is 18.7. The van der Waals surface area contributed by atoms with Gasteiger partial charge in [0.05, 0.1) is 26.9 Å². The number of hydrogen-bond donors (Lipinski definition) is 1. The first-order chi connectivity index (χ1) is 14.2. The maximum absolute atomic E-state index is 13.5. The van der Waals surface area contributed by atoms with E-state index in [0.717, 1.165) is 22.7 Å². The van der Waals surface area contributed by atoms with E-state index in [1.807, 2.05) is 66.7 Å². The Morgan fingerprint density at radius 3 is 2.28 bits per heavy atom. The smallest absolute Gasteiger partial charge is 0.262 e. The van der Waals surface area contributed by atoms with Crippen LogP contribution in [0.4, 0.5) is 11.4 Å². The number of fused-ring (bicyclic) bond motifs is 1. The summed E-state index contributed by atoms with van der Waals surface area (Å²) in [4.78, 5) is 15.2. The molecule has 0 saturated heterocycles. The number of hydrogen-bond acceptors (Lipinski definition) is 5. The zero-order valence-corrected chi connectivity index (χ0v) is 16.5. The average molecular weight is 390 g/mol. The van der Waals surface area contributed by atoms with E-state index in [-0.39, 0.29) is 5.91 Å². The van der Waals surface area contributed by atoms with E-state index in [1.54, 1.807) is 26.2 Å². The number of nitrogens with one attached hydrogen (secondary N) is 1. The standard InChI is InChI=1S/C23H22N2O4/c1-27-16-13-11-15(12-14-16)25-22(18-8-6-10-20(28-2)21(18)29-3)24-19-9-5-4-7-17(19)23(25)26/h4-14,22,24H,1-3H3. The monoisotopic (exact) mass is 390 g/mol. The summed E-state index contributed by atoms with van der Waals surface area (Å²) >= 11 is 0. The van der Waals surface area contributed by atoms with Gasteiger partial charge in [-0.3, -0.25) is 9.69 Å². The Kier molecular flexibility index (Phi) is 4.99.